The average Bonchev–Trinajstić information content (AvgIpc) is 1.84. The van der Waals surface area contributed by atoms with Gasteiger partial charge in [0.2, 0.25) is 0 Å². The summed E-state index contributed by atoms with van der Waals surface area (Å²) in [6, 6.07) is 0. The fraction of sp³-hybridized carbons (Fsp3) is 0.857. The number of carbonyl (C=O) groups is 1. The normalized spacial score (nSPS) is 17.7. The van der Waals surface area contributed by atoms with Crippen molar-refractivity contribution in [2.45, 2.75) is 19.3 Å². The van der Waals surface area contributed by atoms with E-state index < -0.39 is 6.16 Å². The number of carbonyl (C=O) groups excluding carboxylic acids is 1. The second-order valence-corrected chi connectivity index (χ2v) is 2.56. The number of ether oxygens (including phenoxy) is 2. The maximum Gasteiger partial charge on any atom is 0.507 e. The molecule has 0 aromatic heterocycles. The summed E-state index contributed by atoms with van der Waals surface area (Å²) in [4.78, 5) is 10.4. The topological polar surface area (TPSA) is 35.5 Å². The van der Waals surface area contributed by atoms with E-state index in [9.17, 15) is 4.79 Å². The minimum Gasteiger partial charge on any atom is -0.438 e. The zero-order valence-corrected chi connectivity index (χ0v) is 6.13. The third kappa shape index (κ3) is 1.90. The summed E-state index contributed by atoms with van der Waals surface area (Å²) >= 11 is 0. The molecule has 0 unspecified atom stereocenters. The Kier molecular flexibility index (Phi) is 2.54. The lowest BCUT2D eigenvalue weighted by molar-refractivity contribution is 0.0476. The van der Waals surface area contributed by atoms with Crippen LogP contribution >= 0.6 is 0 Å². The molecule has 0 N–H and O–H groups in total. The molecule has 0 spiro atoms. The van der Waals surface area contributed by atoms with Gasteiger partial charge < -0.3 is 9.47 Å². The first kappa shape index (κ1) is 7.38. The Morgan fingerprint density at radius 3 is 2.70 bits per heavy atom. The van der Waals surface area contributed by atoms with Gasteiger partial charge in [0.25, 0.3) is 0 Å². The maximum absolute atomic E-state index is 10.4. The molecule has 0 atom stereocenters. The molecule has 1 rings (SSSR count). The summed E-state index contributed by atoms with van der Waals surface area (Å²) in [5.41, 5.74) is 0. The molecule has 0 aromatic rings. The summed E-state index contributed by atoms with van der Waals surface area (Å²) in [5.74, 6) is 0.596. The second kappa shape index (κ2) is 3.44. The molecule has 0 aromatic carbocycles. The molecule has 0 aliphatic heterocycles. The van der Waals surface area contributed by atoms with Crippen LogP contribution < -0.4 is 0 Å². The van der Waals surface area contributed by atoms with Gasteiger partial charge in [0.05, 0.1) is 13.7 Å². The molecule has 0 amide bonds. The van der Waals surface area contributed by atoms with E-state index >= 15 is 0 Å². The smallest absolute Gasteiger partial charge is 0.438 e. The molecule has 1 aliphatic rings. The van der Waals surface area contributed by atoms with Gasteiger partial charge >= 0.3 is 6.16 Å². The van der Waals surface area contributed by atoms with Crippen LogP contribution in [0.4, 0.5) is 4.79 Å². The molecular formula is C7H12O3. The first-order valence-corrected chi connectivity index (χ1v) is 3.53. The van der Waals surface area contributed by atoms with Crippen LogP contribution in [0.15, 0.2) is 0 Å². The van der Waals surface area contributed by atoms with E-state index in [2.05, 4.69) is 4.74 Å². The molecule has 0 radical (unpaired) electrons. The van der Waals surface area contributed by atoms with Gasteiger partial charge in [0.1, 0.15) is 0 Å². The van der Waals surface area contributed by atoms with Crippen molar-refractivity contribution in [1.29, 1.82) is 0 Å². The van der Waals surface area contributed by atoms with E-state index in [1.165, 1.54) is 26.4 Å². The van der Waals surface area contributed by atoms with Crippen molar-refractivity contribution in [3.05, 3.63) is 0 Å². The molecule has 10 heavy (non-hydrogen) atoms. The van der Waals surface area contributed by atoms with E-state index in [4.69, 9.17) is 4.74 Å². The van der Waals surface area contributed by atoms with E-state index in [0.29, 0.717) is 12.5 Å². The van der Waals surface area contributed by atoms with E-state index in [1.807, 2.05) is 0 Å². The zero-order valence-electron chi connectivity index (χ0n) is 6.13. The Morgan fingerprint density at radius 2 is 2.30 bits per heavy atom. The Morgan fingerprint density at radius 1 is 1.60 bits per heavy atom. The largest absolute Gasteiger partial charge is 0.507 e. The van der Waals surface area contributed by atoms with Crippen LogP contribution in [-0.2, 0) is 9.47 Å². The third-order valence-electron chi connectivity index (χ3n) is 1.83. The molecule has 0 heterocycles. The van der Waals surface area contributed by atoms with Crippen LogP contribution in [0.3, 0.4) is 0 Å². The minimum atomic E-state index is -0.563. The number of hydrogen-bond acceptors (Lipinski definition) is 3. The van der Waals surface area contributed by atoms with Gasteiger partial charge in [-0.1, -0.05) is 6.42 Å². The van der Waals surface area contributed by atoms with Gasteiger partial charge in [-0.15, -0.1) is 0 Å². The first-order valence-electron chi connectivity index (χ1n) is 3.53. The molecule has 3 heteroatoms. The third-order valence-corrected chi connectivity index (χ3v) is 1.83. The number of rotatable bonds is 2. The SMILES string of the molecule is COC(=O)OCC1CCC1. The summed E-state index contributed by atoms with van der Waals surface area (Å²) in [7, 11) is 1.32. The van der Waals surface area contributed by atoms with Gasteiger partial charge in [-0.2, -0.15) is 0 Å². The summed E-state index contributed by atoms with van der Waals surface area (Å²) in [5, 5.41) is 0. The highest BCUT2D eigenvalue weighted by molar-refractivity contribution is 5.59. The summed E-state index contributed by atoms with van der Waals surface area (Å²) < 4.78 is 9.04. The summed E-state index contributed by atoms with van der Waals surface area (Å²) in [6.07, 6.45) is 3.09. The van der Waals surface area contributed by atoms with E-state index in [-0.39, 0.29) is 0 Å². The van der Waals surface area contributed by atoms with Crippen molar-refractivity contribution in [3.8, 4) is 0 Å². The lowest BCUT2D eigenvalue weighted by atomic mass is 9.86. The highest BCUT2D eigenvalue weighted by atomic mass is 16.7. The van der Waals surface area contributed by atoms with Crippen molar-refractivity contribution >= 4 is 6.16 Å². The van der Waals surface area contributed by atoms with Crippen molar-refractivity contribution in [2.24, 2.45) is 5.92 Å². The van der Waals surface area contributed by atoms with Crippen LogP contribution in [-0.4, -0.2) is 19.9 Å². The second-order valence-electron chi connectivity index (χ2n) is 2.56. The van der Waals surface area contributed by atoms with Gasteiger partial charge in [-0.05, 0) is 18.8 Å². The predicted molar refractivity (Wildman–Crippen MR) is 35.7 cm³/mol. The molecule has 0 saturated heterocycles. The van der Waals surface area contributed by atoms with Crippen LogP contribution in [0.2, 0.25) is 0 Å². The van der Waals surface area contributed by atoms with E-state index in [0.717, 1.165) is 0 Å². The Bertz CT molecular complexity index is 118. The molecule has 1 fully saturated rings. The Hall–Kier alpha value is -0.730. The quantitative estimate of drug-likeness (QED) is 0.552. The van der Waals surface area contributed by atoms with Gasteiger partial charge in [-0.25, -0.2) is 4.79 Å². The number of methoxy groups -OCH3 is 1. The molecular weight excluding hydrogens is 132 g/mol. The monoisotopic (exact) mass is 144 g/mol. The van der Waals surface area contributed by atoms with Crippen molar-refractivity contribution in [3.63, 3.8) is 0 Å². The van der Waals surface area contributed by atoms with Crippen LogP contribution in [0, 0.1) is 5.92 Å². The first-order chi connectivity index (χ1) is 4.83. The minimum absolute atomic E-state index is 0.534. The lowest BCUT2D eigenvalue weighted by Crippen LogP contribution is -2.19. The Labute approximate surface area is 60.3 Å². The van der Waals surface area contributed by atoms with Gasteiger partial charge in [0, 0.05) is 0 Å². The summed E-state index contributed by atoms with van der Waals surface area (Å²) in [6.45, 7) is 0.534. The molecule has 1 aliphatic carbocycles. The molecule has 0 bridgehead atoms. The fourth-order valence-corrected chi connectivity index (χ4v) is 0.904. The molecule has 58 valence electrons. The highest BCUT2D eigenvalue weighted by Gasteiger charge is 2.18. The zero-order chi connectivity index (χ0) is 7.40. The van der Waals surface area contributed by atoms with Crippen molar-refractivity contribution in [1.82, 2.24) is 0 Å². The predicted octanol–water partition coefficient (Wildman–Crippen LogP) is 1.57. The van der Waals surface area contributed by atoms with Gasteiger partial charge in [-0.3, -0.25) is 0 Å². The fourth-order valence-electron chi connectivity index (χ4n) is 0.904. The highest BCUT2D eigenvalue weighted by Crippen LogP contribution is 2.26. The van der Waals surface area contributed by atoms with Crippen molar-refractivity contribution < 1.29 is 14.3 Å². The van der Waals surface area contributed by atoms with Gasteiger partial charge in [0.15, 0.2) is 0 Å². The lowest BCUT2D eigenvalue weighted by Gasteiger charge is -2.23. The molecule has 1 saturated carbocycles. The maximum atomic E-state index is 10.4. The molecule has 3 nitrogen and oxygen atoms in total. The van der Waals surface area contributed by atoms with Crippen molar-refractivity contribution in [2.75, 3.05) is 13.7 Å². The number of hydrogen-bond donors (Lipinski definition) is 0. The van der Waals surface area contributed by atoms with Crippen LogP contribution in [0.5, 0.6) is 0 Å². The van der Waals surface area contributed by atoms with Crippen LogP contribution in [0.25, 0.3) is 0 Å². The van der Waals surface area contributed by atoms with E-state index in [1.54, 1.807) is 0 Å². The Balaban J connectivity index is 1.98. The standard InChI is InChI=1S/C7H12O3/c1-9-7(8)10-5-6-3-2-4-6/h6H,2-5H2,1H3. The van der Waals surface area contributed by atoms with Crippen LogP contribution in [0.1, 0.15) is 19.3 Å². The average molecular weight is 144 g/mol.